The van der Waals surface area contributed by atoms with E-state index in [4.69, 9.17) is 13.3 Å². The molecule has 0 aliphatic carbocycles. The lowest BCUT2D eigenvalue weighted by Gasteiger charge is -2.23. The fourth-order valence-electron chi connectivity index (χ4n) is 1.73. The minimum absolute atomic E-state index is 1.38. The van der Waals surface area contributed by atoms with Crippen LogP contribution in [-0.2, 0) is 13.3 Å². The summed E-state index contributed by atoms with van der Waals surface area (Å²) in [5.41, 5.74) is 4.22. The molecule has 0 aromatic heterocycles. The van der Waals surface area contributed by atoms with Crippen molar-refractivity contribution in [3.63, 3.8) is 0 Å². The zero-order chi connectivity index (χ0) is 13.6. The van der Waals surface area contributed by atoms with Gasteiger partial charge in [-0.05, 0) is 5.70 Å². The normalized spacial score (nSPS) is 13.2. The van der Waals surface area contributed by atoms with Crippen LogP contribution >= 0.6 is 0 Å². The number of hydrogen-bond acceptors (Lipinski definition) is 3. The zero-order valence-electron chi connectivity index (χ0n) is 11.8. The monoisotopic (exact) mass is 282 g/mol. The molecule has 0 radical (unpaired) electrons. The van der Waals surface area contributed by atoms with Gasteiger partial charge in [0.15, 0.2) is 0 Å². The largest absolute Gasteiger partial charge is 0.528 e. The molecule has 1 rings (SSSR count). The maximum absolute atomic E-state index is 5.40. The van der Waals surface area contributed by atoms with Crippen molar-refractivity contribution in [3.05, 3.63) is 41.7 Å². The number of rotatable bonds is 6. The van der Waals surface area contributed by atoms with Gasteiger partial charge in [-0.3, -0.25) is 0 Å². The third-order valence-electron chi connectivity index (χ3n) is 3.08. The summed E-state index contributed by atoms with van der Waals surface area (Å²) in [6.07, 6.45) is 0. The second kappa shape index (κ2) is 6.44. The molecular weight excluding hydrogens is 260 g/mol. The van der Waals surface area contributed by atoms with E-state index in [9.17, 15) is 0 Å². The molecule has 18 heavy (non-hydrogen) atoms. The van der Waals surface area contributed by atoms with E-state index in [1.54, 1.807) is 21.3 Å². The van der Waals surface area contributed by atoms with Crippen molar-refractivity contribution in [1.82, 2.24) is 0 Å². The van der Waals surface area contributed by atoms with Crippen molar-refractivity contribution >= 4 is 22.1 Å². The highest BCUT2D eigenvalue weighted by Gasteiger charge is 2.35. The smallest absolute Gasteiger partial charge is 0.374 e. The third-order valence-corrected chi connectivity index (χ3v) is 8.51. The molecule has 0 saturated carbocycles. The minimum atomic E-state index is -2.61. The summed E-state index contributed by atoms with van der Waals surface area (Å²) < 4.78 is 16.2. The summed E-state index contributed by atoms with van der Waals surface area (Å²) in [5.74, 6) is 0. The standard InChI is InChI=1S/C13H22O3Si2/c1-14-18(15-2,16-3)12-11-17(4,5)13-9-7-6-8-10-13/h6-12H,1-5H3/b12-11+. The summed E-state index contributed by atoms with van der Waals surface area (Å²) in [6.45, 7) is 4.58. The molecule has 1 aromatic carbocycles. The van der Waals surface area contributed by atoms with Gasteiger partial charge in [0, 0.05) is 21.3 Å². The summed E-state index contributed by atoms with van der Waals surface area (Å²) >= 11 is 0. The second-order valence-electron chi connectivity index (χ2n) is 4.64. The maximum atomic E-state index is 5.40. The van der Waals surface area contributed by atoms with Crippen LogP contribution in [-0.4, -0.2) is 38.2 Å². The fourth-order valence-corrected chi connectivity index (χ4v) is 6.36. The van der Waals surface area contributed by atoms with Crippen molar-refractivity contribution in [2.24, 2.45) is 0 Å². The van der Waals surface area contributed by atoms with E-state index in [2.05, 4.69) is 43.1 Å². The Balaban J connectivity index is 2.95. The van der Waals surface area contributed by atoms with E-state index in [1.807, 2.05) is 11.8 Å². The quantitative estimate of drug-likeness (QED) is 0.748. The van der Waals surface area contributed by atoms with Crippen LogP contribution in [0.4, 0.5) is 0 Å². The Kier molecular flexibility index (Phi) is 5.49. The van der Waals surface area contributed by atoms with Crippen molar-refractivity contribution in [2.45, 2.75) is 13.1 Å². The average Bonchev–Trinajstić information content (AvgIpc) is 2.42. The Bertz CT molecular complexity index is 378. The predicted molar refractivity (Wildman–Crippen MR) is 79.5 cm³/mol. The number of benzene rings is 1. The zero-order valence-corrected chi connectivity index (χ0v) is 13.8. The molecule has 0 aliphatic rings. The van der Waals surface area contributed by atoms with Gasteiger partial charge in [0.05, 0.1) is 0 Å². The number of hydrogen-bond donors (Lipinski definition) is 0. The van der Waals surface area contributed by atoms with E-state index in [0.717, 1.165) is 0 Å². The Morgan fingerprint density at radius 2 is 1.33 bits per heavy atom. The lowest BCUT2D eigenvalue weighted by Crippen LogP contribution is -2.44. The molecule has 0 heterocycles. The van der Waals surface area contributed by atoms with Gasteiger partial charge in [-0.25, -0.2) is 0 Å². The van der Waals surface area contributed by atoms with Gasteiger partial charge in [-0.15, -0.1) is 0 Å². The molecule has 0 fully saturated rings. The average molecular weight is 282 g/mol. The molecule has 0 N–H and O–H groups in total. The van der Waals surface area contributed by atoms with Crippen LogP contribution in [0.2, 0.25) is 13.1 Å². The molecule has 1 aromatic rings. The third kappa shape index (κ3) is 3.63. The van der Waals surface area contributed by atoms with Crippen molar-refractivity contribution in [1.29, 1.82) is 0 Å². The Hall–Kier alpha value is -0.726. The Labute approximate surface area is 112 Å². The van der Waals surface area contributed by atoms with Crippen LogP contribution in [0.1, 0.15) is 0 Å². The summed E-state index contributed by atoms with van der Waals surface area (Å²) in [7, 11) is 0.647. The molecule has 5 heteroatoms. The Morgan fingerprint density at radius 1 is 0.833 bits per heavy atom. The van der Waals surface area contributed by atoms with Gasteiger partial charge < -0.3 is 13.3 Å². The highest BCUT2D eigenvalue weighted by atomic mass is 28.4. The van der Waals surface area contributed by atoms with Crippen LogP contribution in [0.5, 0.6) is 0 Å². The summed E-state index contributed by atoms with van der Waals surface area (Å²) in [5, 5.41) is 1.38. The molecule has 3 nitrogen and oxygen atoms in total. The summed E-state index contributed by atoms with van der Waals surface area (Å²) in [6, 6.07) is 10.5. The van der Waals surface area contributed by atoms with Gasteiger partial charge in [0.1, 0.15) is 8.07 Å². The Morgan fingerprint density at radius 3 is 1.78 bits per heavy atom. The first-order valence-electron chi connectivity index (χ1n) is 5.91. The molecule has 100 valence electrons. The molecule has 0 unspecified atom stereocenters. The van der Waals surface area contributed by atoms with Crippen LogP contribution in [0.25, 0.3) is 0 Å². The molecule has 0 atom stereocenters. The van der Waals surface area contributed by atoms with E-state index < -0.39 is 16.9 Å². The molecule has 0 amide bonds. The molecule has 0 aliphatic heterocycles. The summed E-state index contributed by atoms with van der Waals surface area (Å²) in [4.78, 5) is 0. The van der Waals surface area contributed by atoms with Crippen LogP contribution < -0.4 is 5.19 Å². The van der Waals surface area contributed by atoms with Gasteiger partial charge in [-0.1, -0.05) is 54.3 Å². The molecular formula is C13H22O3Si2. The first-order chi connectivity index (χ1) is 8.49. The first kappa shape index (κ1) is 15.3. The first-order valence-corrected chi connectivity index (χ1v) is 10.8. The second-order valence-corrected chi connectivity index (χ2v) is 11.8. The van der Waals surface area contributed by atoms with Crippen LogP contribution in [0, 0.1) is 0 Å². The van der Waals surface area contributed by atoms with Gasteiger partial charge in [0.2, 0.25) is 0 Å². The molecule has 0 spiro atoms. The minimum Gasteiger partial charge on any atom is -0.374 e. The van der Waals surface area contributed by atoms with Crippen LogP contribution in [0.15, 0.2) is 41.7 Å². The van der Waals surface area contributed by atoms with E-state index >= 15 is 0 Å². The van der Waals surface area contributed by atoms with Crippen molar-refractivity contribution in [3.8, 4) is 0 Å². The topological polar surface area (TPSA) is 27.7 Å². The fraction of sp³-hybridized carbons (Fsp3) is 0.385. The predicted octanol–water partition coefficient (Wildman–Crippen LogP) is 2.11. The highest BCUT2D eigenvalue weighted by Crippen LogP contribution is 2.12. The van der Waals surface area contributed by atoms with E-state index in [-0.39, 0.29) is 0 Å². The van der Waals surface area contributed by atoms with Gasteiger partial charge in [-0.2, -0.15) is 0 Å². The van der Waals surface area contributed by atoms with Crippen molar-refractivity contribution in [2.75, 3.05) is 21.3 Å². The lowest BCUT2D eigenvalue weighted by molar-refractivity contribution is 0.138. The van der Waals surface area contributed by atoms with E-state index in [0.29, 0.717) is 0 Å². The lowest BCUT2D eigenvalue weighted by atomic mass is 10.4. The van der Waals surface area contributed by atoms with Crippen molar-refractivity contribution < 1.29 is 13.3 Å². The van der Waals surface area contributed by atoms with Gasteiger partial charge in [0.25, 0.3) is 0 Å². The van der Waals surface area contributed by atoms with Crippen LogP contribution in [0.3, 0.4) is 0 Å². The molecule has 0 saturated heterocycles. The highest BCUT2D eigenvalue weighted by molar-refractivity contribution is 6.94. The molecule has 0 bridgehead atoms. The maximum Gasteiger partial charge on any atom is 0.528 e. The SMILES string of the molecule is CO[Si](/C=C/[Si](C)(C)c1ccccc1)(OC)OC. The van der Waals surface area contributed by atoms with Gasteiger partial charge >= 0.3 is 8.80 Å². The van der Waals surface area contributed by atoms with E-state index in [1.165, 1.54) is 5.19 Å².